The van der Waals surface area contributed by atoms with E-state index >= 15 is 0 Å². The topological polar surface area (TPSA) is 85.2 Å². The summed E-state index contributed by atoms with van der Waals surface area (Å²) in [6, 6.07) is 10.3. The van der Waals surface area contributed by atoms with Gasteiger partial charge in [-0.3, -0.25) is 14.9 Å². The van der Waals surface area contributed by atoms with Crippen molar-refractivity contribution in [3.05, 3.63) is 70.2 Å². The second-order valence-corrected chi connectivity index (χ2v) is 4.83. The lowest BCUT2D eigenvalue weighted by Gasteiger charge is -2.06. The number of carbonyl (C=O) groups is 1. The molecule has 0 bridgehead atoms. The van der Waals surface area contributed by atoms with Gasteiger partial charge in [0, 0.05) is 28.7 Å². The molecule has 0 aliphatic carbocycles. The van der Waals surface area contributed by atoms with Gasteiger partial charge in [-0.05, 0) is 12.1 Å². The first-order chi connectivity index (χ1) is 11.1. The average molecular weight is 314 g/mol. The number of aromatic amines is 1. The van der Waals surface area contributed by atoms with Crippen LogP contribution in [0.5, 0.6) is 5.75 Å². The number of para-hydroxylation sites is 1. The summed E-state index contributed by atoms with van der Waals surface area (Å²) >= 11 is 0. The molecule has 0 amide bonds. The van der Waals surface area contributed by atoms with Crippen molar-refractivity contribution in [2.75, 3.05) is 6.61 Å². The zero-order chi connectivity index (χ0) is 16.4. The molecule has 2 aromatic carbocycles. The van der Waals surface area contributed by atoms with Crippen LogP contribution in [0.25, 0.3) is 10.9 Å². The lowest BCUT2D eigenvalue weighted by molar-refractivity contribution is -0.385. The third-order valence-electron chi connectivity index (χ3n) is 3.37. The first-order valence-corrected chi connectivity index (χ1v) is 6.72. The zero-order valence-electron chi connectivity index (χ0n) is 11.8. The number of H-pyrrole nitrogens is 1. The standard InChI is InChI=1S/C16H11FN2O4/c17-13-7-10(19(21)22)5-6-16(13)23-9-15(20)12-8-18-14-4-2-1-3-11(12)14/h1-8,18H,9H2. The number of nitrogens with one attached hydrogen (secondary N) is 1. The van der Waals surface area contributed by atoms with Crippen LogP contribution >= 0.6 is 0 Å². The highest BCUT2D eigenvalue weighted by Gasteiger charge is 2.15. The smallest absolute Gasteiger partial charge is 0.272 e. The lowest BCUT2D eigenvalue weighted by Crippen LogP contribution is -2.12. The summed E-state index contributed by atoms with van der Waals surface area (Å²) in [5.41, 5.74) is 0.887. The summed E-state index contributed by atoms with van der Waals surface area (Å²) in [6.45, 7) is -0.365. The number of aromatic nitrogens is 1. The van der Waals surface area contributed by atoms with Crippen molar-refractivity contribution in [1.29, 1.82) is 0 Å². The largest absolute Gasteiger partial charge is 0.482 e. The summed E-state index contributed by atoms with van der Waals surface area (Å²) in [6.07, 6.45) is 1.57. The van der Waals surface area contributed by atoms with Crippen molar-refractivity contribution in [2.24, 2.45) is 0 Å². The van der Waals surface area contributed by atoms with Gasteiger partial charge < -0.3 is 9.72 Å². The Hall–Kier alpha value is -3.22. The molecule has 3 aromatic rings. The summed E-state index contributed by atoms with van der Waals surface area (Å²) in [7, 11) is 0. The van der Waals surface area contributed by atoms with Crippen LogP contribution in [0.4, 0.5) is 10.1 Å². The lowest BCUT2D eigenvalue weighted by atomic mass is 10.1. The molecule has 0 unspecified atom stereocenters. The van der Waals surface area contributed by atoms with Crippen molar-refractivity contribution < 1.29 is 18.8 Å². The number of benzene rings is 2. The predicted molar refractivity (Wildman–Crippen MR) is 81.2 cm³/mol. The van der Waals surface area contributed by atoms with Crippen LogP contribution < -0.4 is 4.74 Å². The van der Waals surface area contributed by atoms with Crippen molar-refractivity contribution in [3.8, 4) is 5.75 Å². The Morgan fingerprint density at radius 3 is 2.78 bits per heavy atom. The van der Waals surface area contributed by atoms with Gasteiger partial charge in [-0.1, -0.05) is 18.2 Å². The van der Waals surface area contributed by atoms with Gasteiger partial charge in [0.1, 0.15) is 0 Å². The van der Waals surface area contributed by atoms with Crippen LogP contribution in [0.1, 0.15) is 10.4 Å². The Labute approximate surface area is 129 Å². The van der Waals surface area contributed by atoms with Gasteiger partial charge in [0.05, 0.1) is 11.0 Å². The SMILES string of the molecule is O=C(COc1ccc([N+](=O)[O-])cc1F)c1c[nH]c2ccccc12. The number of rotatable bonds is 5. The second kappa shape index (κ2) is 5.88. The van der Waals surface area contributed by atoms with E-state index < -0.39 is 10.7 Å². The molecule has 1 aromatic heterocycles. The monoisotopic (exact) mass is 314 g/mol. The van der Waals surface area contributed by atoms with Gasteiger partial charge in [0.15, 0.2) is 18.2 Å². The van der Waals surface area contributed by atoms with E-state index in [1.807, 2.05) is 18.2 Å². The molecule has 23 heavy (non-hydrogen) atoms. The molecule has 0 atom stereocenters. The van der Waals surface area contributed by atoms with Crippen LogP contribution in [-0.2, 0) is 0 Å². The fourth-order valence-electron chi connectivity index (χ4n) is 2.24. The van der Waals surface area contributed by atoms with E-state index in [9.17, 15) is 19.3 Å². The molecule has 0 saturated heterocycles. The van der Waals surface area contributed by atoms with E-state index in [1.54, 1.807) is 12.3 Å². The van der Waals surface area contributed by atoms with Crippen LogP contribution in [0.15, 0.2) is 48.7 Å². The Bertz CT molecular complexity index is 904. The highest BCUT2D eigenvalue weighted by Crippen LogP contribution is 2.23. The number of non-ortho nitro benzene ring substituents is 1. The molecule has 0 radical (unpaired) electrons. The highest BCUT2D eigenvalue weighted by atomic mass is 19.1. The van der Waals surface area contributed by atoms with E-state index in [2.05, 4.69) is 4.98 Å². The molecule has 0 aliphatic rings. The van der Waals surface area contributed by atoms with E-state index in [1.165, 1.54) is 0 Å². The Balaban J connectivity index is 1.75. The van der Waals surface area contributed by atoms with Crippen molar-refractivity contribution in [1.82, 2.24) is 4.98 Å². The molecule has 116 valence electrons. The van der Waals surface area contributed by atoms with Gasteiger partial charge >= 0.3 is 0 Å². The van der Waals surface area contributed by atoms with E-state index in [0.29, 0.717) is 5.56 Å². The Morgan fingerprint density at radius 1 is 1.26 bits per heavy atom. The molecule has 0 spiro atoms. The molecular formula is C16H11FN2O4. The van der Waals surface area contributed by atoms with Gasteiger partial charge in [0.2, 0.25) is 5.78 Å². The number of halogens is 1. The third-order valence-corrected chi connectivity index (χ3v) is 3.37. The van der Waals surface area contributed by atoms with E-state index in [4.69, 9.17) is 4.74 Å². The first kappa shape index (κ1) is 14.7. The minimum atomic E-state index is -0.883. The van der Waals surface area contributed by atoms with Crippen LogP contribution in [-0.4, -0.2) is 22.3 Å². The van der Waals surface area contributed by atoms with Gasteiger partial charge in [-0.25, -0.2) is 4.39 Å². The minimum absolute atomic E-state index is 0.205. The second-order valence-electron chi connectivity index (χ2n) is 4.83. The fraction of sp³-hybridized carbons (Fsp3) is 0.0625. The van der Waals surface area contributed by atoms with Crippen molar-refractivity contribution in [2.45, 2.75) is 0 Å². The number of ketones is 1. The van der Waals surface area contributed by atoms with Crippen LogP contribution in [0.2, 0.25) is 0 Å². The maximum absolute atomic E-state index is 13.7. The molecule has 1 heterocycles. The number of ether oxygens (including phenoxy) is 1. The van der Waals surface area contributed by atoms with Crippen molar-refractivity contribution >= 4 is 22.4 Å². The number of nitrogens with zero attached hydrogens (tertiary/aromatic N) is 1. The third kappa shape index (κ3) is 2.89. The number of fused-ring (bicyclic) bond motifs is 1. The number of hydrogen-bond donors (Lipinski definition) is 1. The summed E-state index contributed by atoms with van der Waals surface area (Å²) in [5.74, 6) is -1.41. The molecule has 0 aliphatic heterocycles. The van der Waals surface area contributed by atoms with Crippen LogP contribution in [0, 0.1) is 15.9 Å². The summed E-state index contributed by atoms with van der Waals surface area (Å²) in [4.78, 5) is 25.0. The molecule has 3 rings (SSSR count). The summed E-state index contributed by atoms with van der Waals surface area (Å²) in [5, 5.41) is 11.3. The summed E-state index contributed by atoms with van der Waals surface area (Å²) < 4.78 is 18.9. The molecule has 7 heteroatoms. The predicted octanol–water partition coefficient (Wildman–Crippen LogP) is 3.48. The molecule has 0 saturated carbocycles. The molecule has 6 nitrogen and oxygen atoms in total. The van der Waals surface area contributed by atoms with Gasteiger partial charge in [0.25, 0.3) is 5.69 Å². The first-order valence-electron chi connectivity index (χ1n) is 6.72. The maximum Gasteiger partial charge on any atom is 0.272 e. The van der Waals surface area contributed by atoms with Crippen molar-refractivity contribution in [3.63, 3.8) is 0 Å². The fourth-order valence-corrected chi connectivity index (χ4v) is 2.24. The number of nitro benzene ring substituents is 1. The van der Waals surface area contributed by atoms with Gasteiger partial charge in [-0.15, -0.1) is 0 Å². The zero-order valence-corrected chi connectivity index (χ0v) is 11.8. The Kier molecular flexibility index (Phi) is 3.76. The van der Waals surface area contributed by atoms with Crippen LogP contribution in [0.3, 0.4) is 0 Å². The number of hydrogen-bond acceptors (Lipinski definition) is 4. The minimum Gasteiger partial charge on any atom is -0.482 e. The molecule has 1 N–H and O–H groups in total. The van der Waals surface area contributed by atoms with E-state index in [-0.39, 0.29) is 23.8 Å². The average Bonchev–Trinajstić information content (AvgIpc) is 2.97. The number of carbonyl (C=O) groups excluding carboxylic acids is 1. The number of Topliss-reactive ketones (excluding diaryl/α,β-unsaturated/α-hetero) is 1. The number of nitro groups is 1. The quantitative estimate of drug-likeness (QED) is 0.444. The normalized spacial score (nSPS) is 10.7. The van der Waals surface area contributed by atoms with E-state index in [0.717, 1.165) is 29.1 Å². The molecule has 0 fully saturated rings. The highest BCUT2D eigenvalue weighted by molar-refractivity contribution is 6.08. The molecular weight excluding hydrogens is 303 g/mol. The Morgan fingerprint density at radius 2 is 2.04 bits per heavy atom. The van der Waals surface area contributed by atoms with Gasteiger partial charge in [-0.2, -0.15) is 0 Å². The maximum atomic E-state index is 13.7.